The van der Waals surface area contributed by atoms with Crippen LogP contribution in [0.5, 0.6) is 11.5 Å². The minimum atomic E-state index is -1.02. The third kappa shape index (κ3) is 5.57. The molecule has 10 heteroatoms. The number of carbonyl (C=O) groups excluding carboxylic acids is 3. The first-order valence-electron chi connectivity index (χ1n) is 10.3. The van der Waals surface area contributed by atoms with Gasteiger partial charge in [-0.2, -0.15) is 0 Å². The molecule has 2 amide bonds. The van der Waals surface area contributed by atoms with E-state index in [1.54, 1.807) is 37.3 Å². The van der Waals surface area contributed by atoms with Crippen molar-refractivity contribution in [2.24, 2.45) is 0 Å². The molecule has 0 unspecified atom stereocenters. The Morgan fingerprint density at radius 1 is 1.15 bits per heavy atom. The number of nitrogens with zero attached hydrogens (tertiary/aromatic N) is 1. The number of carboxylic acid groups (broad SMARTS) is 1. The Balaban J connectivity index is 1.76. The number of carbonyl (C=O) groups is 4. The predicted molar refractivity (Wildman–Crippen MR) is 125 cm³/mol. The van der Waals surface area contributed by atoms with E-state index in [2.05, 4.69) is 0 Å². The van der Waals surface area contributed by atoms with Gasteiger partial charge in [0.1, 0.15) is 12.6 Å². The second-order valence-corrected chi connectivity index (χ2v) is 8.18. The molecule has 0 aromatic heterocycles. The van der Waals surface area contributed by atoms with Crippen LogP contribution in [0.1, 0.15) is 35.3 Å². The first-order chi connectivity index (χ1) is 16.2. The molecule has 2 aromatic rings. The van der Waals surface area contributed by atoms with Gasteiger partial charge in [0.25, 0.3) is 11.1 Å². The van der Waals surface area contributed by atoms with E-state index < -0.39 is 29.1 Å². The van der Waals surface area contributed by atoms with Gasteiger partial charge in [-0.25, -0.2) is 9.59 Å². The molecule has 1 aliphatic heterocycles. The van der Waals surface area contributed by atoms with Crippen LogP contribution in [0.2, 0.25) is 0 Å². The number of methoxy groups -OCH3 is 1. The molecular formula is C24H23NO8S. The predicted octanol–water partition coefficient (Wildman–Crippen LogP) is 3.96. The lowest BCUT2D eigenvalue weighted by molar-refractivity contribution is -0.150. The molecule has 1 fully saturated rings. The minimum absolute atomic E-state index is 0.126. The molecule has 2 aromatic carbocycles. The van der Waals surface area contributed by atoms with Crippen molar-refractivity contribution >= 4 is 40.9 Å². The summed E-state index contributed by atoms with van der Waals surface area (Å²) in [6.45, 7) is 3.36. The van der Waals surface area contributed by atoms with Crippen LogP contribution < -0.4 is 9.47 Å². The highest BCUT2D eigenvalue weighted by atomic mass is 32.2. The number of aromatic carboxylic acids is 1. The average Bonchev–Trinajstić information content (AvgIpc) is 3.10. The number of ether oxygens (including phenoxy) is 3. The summed E-state index contributed by atoms with van der Waals surface area (Å²) in [5.74, 6) is -1.44. The van der Waals surface area contributed by atoms with Crippen LogP contribution in [0.4, 0.5) is 4.79 Å². The van der Waals surface area contributed by atoms with Gasteiger partial charge in [0, 0.05) is 0 Å². The summed E-state index contributed by atoms with van der Waals surface area (Å²) in [7, 11) is 1.46. The number of hydrogen-bond donors (Lipinski definition) is 1. The number of amides is 2. The van der Waals surface area contributed by atoms with Crippen molar-refractivity contribution in [3.8, 4) is 11.5 Å². The molecule has 9 nitrogen and oxygen atoms in total. The van der Waals surface area contributed by atoms with Crippen LogP contribution in [0.25, 0.3) is 6.08 Å². The van der Waals surface area contributed by atoms with Gasteiger partial charge in [-0.3, -0.25) is 14.5 Å². The van der Waals surface area contributed by atoms with Crippen molar-refractivity contribution in [2.45, 2.75) is 26.5 Å². The number of benzene rings is 2. The van der Waals surface area contributed by atoms with Crippen LogP contribution in [-0.2, 0) is 20.9 Å². The molecule has 1 heterocycles. The summed E-state index contributed by atoms with van der Waals surface area (Å²) in [5.41, 5.74) is 1.43. The van der Waals surface area contributed by atoms with Gasteiger partial charge < -0.3 is 19.3 Å². The molecule has 1 N–H and O–H groups in total. The third-order valence-electron chi connectivity index (χ3n) is 4.89. The molecule has 0 bridgehead atoms. The molecule has 0 aliphatic carbocycles. The van der Waals surface area contributed by atoms with Crippen molar-refractivity contribution in [3.63, 3.8) is 0 Å². The van der Waals surface area contributed by atoms with Gasteiger partial charge in [0.15, 0.2) is 11.5 Å². The molecule has 0 saturated carbocycles. The van der Waals surface area contributed by atoms with Crippen LogP contribution >= 0.6 is 11.8 Å². The van der Waals surface area contributed by atoms with Crippen LogP contribution in [0, 0.1) is 0 Å². The minimum Gasteiger partial charge on any atom is -0.493 e. The lowest BCUT2D eigenvalue weighted by Gasteiger charge is -2.19. The van der Waals surface area contributed by atoms with E-state index in [-0.39, 0.29) is 23.7 Å². The Labute approximate surface area is 200 Å². The zero-order valence-electron chi connectivity index (χ0n) is 18.8. The van der Waals surface area contributed by atoms with E-state index in [4.69, 9.17) is 19.3 Å². The second kappa shape index (κ2) is 10.9. The normalized spacial score (nSPS) is 15.4. The highest BCUT2D eigenvalue weighted by Gasteiger charge is 2.41. The molecule has 178 valence electrons. The van der Waals surface area contributed by atoms with Gasteiger partial charge >= 0.3 is 11.9 Å². The van der Waals surface area contributed by atoms with E-state index >= 15 is 0 Å². The second-order valence-electron chi connectivity index (χ2n) is 7.18. The number of thioether (sulfide) groups is 1. The van der Waals surface area contributed by atoms with Crippen molar-refractivity contribution in [1.82, 2.24) is 4.90 Å². The molecule has 34 heavy (non-hydrogen) atoms. The zero-order chi connectivity index (χ0) is 24.8. The molecule has 0 spiro atoms. The Morgan fingerprint density at radius 2 is 1.91 bits per heavy atom. The summed E-state index contributed by atoms with van der Waals surface area (Å²) in [6.07, 6.45) is 1.53. The smallest absolute Gasteiger partial charge is 0.335 e. The van der Waals surface area contributed by atoms with E-state index in [1.807, 2.05) is 0 Å². The van der Waals surface area contributed by atoms with Gasteiger partial charge in [-0.05, 0) is 67.1 Å². The number of carboxylic acids is 1. The Hall–Kier alpha value is -3.79. The molecule has 0 radical (unpaired) electrons. The highest BCUT2D eigenvalue weighted by molar-refractivity contribution is 8.18. The maximum Gasteiger partial charge on any atom is 0.335 e. The Morgan fingerprint density at radius 3 is 2.59 bits per heavy atom. The van der Waals surface area contributed by atoms with Crippen LogP contribution in [-0.4, -0.2) is 52.8 Å². The Kier molecular flexibility index (Phi) is 7.95. The van der Waals surface area contributed by atoms with E-state index in [0.29, 0.717) is 22.6 Å². The molecule has 1 atom stereocenters. The molecular weight excluding hydrogens is 462 g/mol. The lowest BCUT2D eigenvalue weighted by atomic mass is 10.1. The summed E-state index contributed by atoms with van der Waals surface area (Å²) >= 11 is 0.740. The van der Waals surface area contributed by atoms with Gasteiger partial charge in [0.05, 0.1) is 24.2 Å². The van der Waals surface area contributed by atoms with Crippen molar-refractivity contribution in [2.75, 3.05) is 13.7 Å². The van der Waals surface area contributed by atoms with Crippen LogP contribution in [0.3, 0.4) is 0 Å². The van der Waals surface area contributed by atoms with Gasteiger partial charge in [-0.15, -0.1) is 0 Å². The van der Waals surface area contributed by atoms with E-state index in [0.717, 1.165) is 16.7 Å². The number of imide groups is 1. The van der Waals surface area contributed by atoms with Crippen molar-refractivity contribution in [1.29, 1.82) is 0 Å². The fourth-order valence-corrected chi connectivity index (χ4v) is 4.09. The quantitative estimate of drug-likeness (QED) is 0.416. The largest absolute Gasteiger partial charge is 0.493 e. The van der Waals surface area contributed by atoms with E-state index in [1.165, 1.54) is 32.2 Å². The molecule has 3 rings (SSSR count). The maximum absolute atomic E-state index is 12.7. The van der Waals surface area contributed by atoms with Crippen molar-refractivity contribution < 1.29 is 38.5 Å². The fraction of sp³-hybridized carbons (Fsp3) is 0.250. The standard InChI is InChI=1S/C24H23NO8S/c1-4-32-23(29)14(2)25-21(26)20(34-24(25)30)12-15-8-9-18(19(11-15)31-3)33-13-16-6-5-7-17(10-16)22(27)28/h5-12,14H,4,13H2,1-3H3,(H,27,28)/b20-12+/t14-/m1/s1. The van der Waals surface area contributed by atoms with Gasteiger partial charge in [-0.1, -0.05) is 18.2 Å². The monoisotopic (exact) mass is 485 g/mol. The first-order valence-corrected chi connectivity index (χ1v) is 11.1. The zero-order valence-corrected chi connectivity index (χ0v) is 19.6. The maximum atomic E-state index is 12.7. The van der Waals surface area contributed by atoms with E-state index in [9.17, 15) is 19.2 Å². The molecule has 1 saturated heterocycles. The van der Waals surface area contributed by atoms with Gasteiger partial charge in [0.2, 0.25) is 0 Å². The summed E-state index contributed by atoms with van der Waals surface area (Å²) in [4.78, 5) is 49.2. The molecule has 1 aliphatic rings. The topological polar surface area (TPSA) is 119 Å². The number of esters is 1. The summed E-state index contributed by atoms with van der Waals surface area (Å²) < 4.78 is 16.1. The van der Waals surface area contributed by atoms with Crippen LogP contribution in [0.15, 0.2) is 47.4 Å². The lowest BCUT2D eigenvalue weighted by Crippen LogP contribution is -2.42. The SMILES string of the molecule is CCOC(=O)[C@@H](C)N1C(=O)S/C(=C/c2ccc(OCc3cccc(C(=O)O)c3)c(OC)c2)C1=O. The average molecular weight is 486 g/mol. The highest BCUT2D eigenvalue weighted by Crippen LogP contribution is 2.36. The number of hydrogen-bond acceptors (Lipinski definition) is 8. The van der Waals surface area contributed by atoms with Crippen molar-refractivity contribution in [3.05, 3.63) is 64.1 Å². The third-order valence-corrected chi connectivity index (χ3v) is 5.78. The first kappa shape index (κ1) is 24.8. The summed E-state index contributed by atoms with van der Waals surface area (Å²) in [6, 6.07) is 10.4. The summed E-state index contributed by atoms with van der Waals surface area (Å²) in [5, 5.41) is 8.57. The number of rotatable bonds is 9. The Bertz CT molecular complexity index is 1160. The fourth-order valence-electron chi connectivity index (χ4n) is 3.18.